The Morgan fingerprint density at radius 2 is 1.93 bits per heavy atom. The van der Waals surface area contributed by atoms with E-state index >= 15 is 0 Å². The van der Waals surface area contributed by atoms with E-state index in [4.69, 9.17) is 11.6 Å². The van der Waals surface area contributed by atoms with Gasteiger partial charge in [0.15, 0.2) is 5.82 Å². The number of amides is 1. The minimum atomic E-state index is -0.397. The average Bonchev–Trinajstić information content (AvgIpc) is 2.66. The molecule has 0 aliphatic rings. The molecule has 2 aromatic carbocycles. The number of aryl methyl sites for hydroxylation is 1. The highest BCUT2D eigenvalue weighted by atomic mass is 35.5. The quantitative estimate of drug-likeness (QED) is 0.681. The lowest BCUT2D eigenvalue weighted by Gasteiger charge is -2.05. The van der Waals surface area contributed by atoms with Gasteiger partial charge in [-0.2, -0.15) is 0 Å². The minimum absolute atomic E-state index is 0.0927. The molecule has 3 aromatic rings. The zero-order valence-electron chi connectivity index (χ0n) is 14.2. The number of benzene rings is 2. The van der Waals surface area contributed by atoms with Gasteiger partial charge in [-0.25, -0.2) is 4.39 Å². The normalized spacial score (nSPS) is 10.6. The van der Waals surface area contributed by atoms with Gasteiger partial charge in [-0.1, -0.05) is 35.9 Å². The van der Waals surface area contributed by atoms with E-state index in [1.54, 1.807) is 36.4 Å². The van der Waals surface area contributed by atoms with Gasteiger partial charge in [0.1, 0.15) is 11.5 Å². The molecule has 0 spiro atoms. The first-order valence-corrected chi connectivity index (χ1v) is 8.62. The van der Waals surface area contributed by atoms with E-state index < -0.39 is 5.56 Å². The third kappa shape index (κ3) is 5.21. The van der Waals surface area contributed by atoms with Gasteiger partial charge >= 0.3 is 0 Å². The van der Waals surface area contributed by atoms with Crippen LogP contribution in [0.1, 0.15) is 17.7 Å². The third-order valence-electron chi connectivity index (χ3n) is 3.85. The Balaban J connectivity index is 1.57. The summed E-state index contributed by atoms with van der Waals surface area (Å²) in [7, 11) is 0. The fourth-order valence-electron chi connectivity index (χ4n) is 2.41. The number of rotatable bonds is 6. The van der Waals surface area contributed by atoms with E-state index in [2.05, 4.69) is 20.5 Å². The zero-order valence-corrected chi connectivity index (χ0v) is 15.0. The Morgan fingerprint density at radius 3 is 2.63 bits per heavy atom. The second kappa shape index (κ2) is 8.55. The van der Waals surface area contributed by atoms with Crippen molar-refractivity contribution in [3.8, 4) is 11.4 Å². The standard InChI is InChI=1S/C19H16ClFN4O2/c20-14-3-1-2-13(10-14)18-23-19(27)16(24-25-18)8-9-17(26)22-11-12-4-6-15(21)7-5-12/h1-7,10H,8-9,11H2,(H,22,26)(H,23,25,27). The fourth-order valence-corrected chi connectivity index (χ4v) is 2.60. The molecule has 0 atom stereocenters. The van der Waals surface area contributed by atoms with E-state index in [9.17, 15) is 14.0 Å². The van der Waals surface area contributed by atoms with Crippen LogP contribution < -0.4 is 10.9 Å². The van der Waals surface area contributed by atoms with Crippen LogP contribution in [0.3, 0.4) is 0 Å². The van der Waals surface area contributed by atoms with Crippen LogP contribution in [-0.4, -0.2) is 21.1 Å². The molecule has 0 aliphatic carbocycles. The topological polar surface area (TPSA) is 87.7 Å². The van der Waals surface area contributed by atoms with Gasteiger partial charge in [0.2, 0.25) is 5.91 Å². The summed E-state index contributed by atoms with van der Waals surface area (Å²) in [5, 5.41) is 11.2. The van der Waals surface area contributed by atoms with Crippen LogP contribution in [0.15, 0.2) is 53.3 Å². The van der Waals surface area contributed by atoms with Gasteiger partial charge in [0.05, 0.1) is 0 Å². The highest BCUT2D eigenvalue weighted by molar-refractivity contribution is 6.30. The number of nitrogens with zero attached hydrogens (tertiary/aromatic N) is 2. The largest absolute Gasteiger partial charge is 0.352 e. The van der Waals surface area contributed by atoms with E-state index in [0.29, 0.717) is 16.4 Å². The number of nitrogens with one attached hydrogen (secondary N) is 2. The molecule has 0 unspecified atom stereocenters. The van der Waals surface area contributed by atoms with Gasteiger partial charge in [0, 0.05) is 30.0 Å². The van der Waals surface area contributed by atoms with Crippen molar-refractivity contribution in [2.75, 3.05) is 0 Å². The Bertz CT molecular complexity index is 1010. The maximum atomic E-state index is 12.8. The molecule has 0 saturated carbocycles. The van der Waals surface area contributed by atoms with Crippen molar-refractivity contribution >= 4 is 17.5 Å². The van der Waals surface area contributed by atoms with Crippen molar-refractivity contribution in [3.63, 3.8) is 0 Å². The number of carbonyl (C=O) groups is 1. The van der Waals surface area contributed by atoms with Crippen LogP contribution in [0.4, 0.5) is 4.39 Å². The Labute approximate surface area is 159 Å². The minimum Gasteiger partial charge on any atom is -0.352 e. The van der Waals surface area contributed by atoms with Crippen molar-refractivity contribution in [2.45, 2.75) is 19.4 Å². The lowest BCUT2D eigenvalue weighted by Crippen LogP contribution is -2.25. The van der Waals surface area contributed by atoms with Crippen LogP contribution in [-0.2, 0) is 17.8 Å². The van der Waals surface area contributed by atoms with Gasteiger partial charge in [-0.05, 0) is 29.8 Å². The van der Waals surface area contributed by atoms with E-state index in [0.717, 1.165) is 5.56 Å². The number of carbonyl (C=O) groups excluding carboxylic acids is 1. The number of halogens is 2. The Morgan fingerprint density at radius 1 is 1.15 bits per heavy atom. The van der Waals surface area contributed by atoms with E-state index in [1.807, 2.05) is 0 Å². The summed E-state index contributed by atoms with van der Waals surface area (Å²) in [5.41, 5.74) is 1.22. The molecule has 0 bridgehead atoms. The summed E-state index contributed by atoms with van der Waals surface area (Å²) in [5.74, 6) is -0.254. The third-order valence-corrected chi connectivity index (χ3v) is 4.09. The van der Waals surface area contributed by atoms with Crippen LogP contribution >= 0.6 is 11.6 Å². The van der Waals surface area contributed by atoms with Crippen molar-refractivity contribution < 1.29 is 9.18 Å². The molecule has 27 heavy (non-hydrogen) atoms. The van der Waals surface area contributed by atoms with Crippen LogP contribution in [0.2, 0.25) is 5.02 Å². The second-order valence-corrected chi connectivity index (χ2v) is 6.30. The van der Waals surface area contributed by atoms with Crippen LogP contribution in [0.25, 0.3) is 11.4 Å². The second-order valence-electron chi connectivity index (χ2n) is 5.86. The predicted octanol–water partition coefficient (Wildman–Crippen LogP) is 2.87. The maximum absolute atomic E-state index is 12.8. The monoisotopic (exact) mass is 386 g/mol. The first-order valence-electron chi connectivity index (χ1n) is 8.24. The number of hydrogen-bond donors (Lipinski definition) is 2. The molecule has 8 heteroatoms. The van der Waals surface area contributed by atoms with Crippen molar-refractivity contribution in [2.24, 2.45) is 0 Å². The lowest BCUT2D eigenvalue weighted by atomic mass is 10.2. The Hall–Kier alpha value is -3.06. The van der Waals surface area contributed by atoms with Crippen LogP contribution in [0, 0.1) is 5.82 Å². The number of aromatic amines is 1. The average molecular weight is 387 g/mol. The molecule has 0 aliphatic heterocycles. The SMILES string of the molecule is O=C(CCc1nnc(-c2cccc(Cl)c2)[nH]c1=O)NCc1ccc(F)cc1. The highest BCUT2D eigenvalue weighted by Crippen LogP contribution is 2.17. The van der Waals surface area contributed by atoms with Gasteiger partial charge in [0.25, 0.3) is 5.56 Å². The van der Waals surface area contributed by atoms with Crippen molar-refractivity contribution in [1.82, 2.24) is 20.5 Å². The predicted molar refractivity (Wildman–Crippen MR) is 99.7 cm³/mol. The smallest absolute Gasteiger partial charge is 0.273 e. The number of H-pyrrole nitrogens is 1. The molecule has 1 heterocycles. The molecule has 0 radical (unpaired) electrons. The molecule has 6 nitrogen and oxygen atoms in total. The molecule has 0 saturated heterocycles. The first-order chi connectivity index (χ1) is 13.0. The first kappa shape index (κ1) is 18.7. The molecular formula is C19H16ClFN4O2. The summed E-state index contributed by atoms with van der Waals surface area (Å²) in [6, 6.07) is 12.8. The number of aromatic nitrogens is 3. The van der Waals surface area contributed by atoms with Gasteiger partial charge in [-0.15, -0.1) is 10.2 Å². The molecule has 0 fully saturated rings. The molecule has 1 aromatic heterocycles. The summed E-state index contributed by atoms with van der Waals surface area (Å²) < 4.78 is 12.8. The highest BCUT2D eigenvalue weighted by Gasteiger charge is 2.10. The summed E-state index contributed by atoms with van der Waals surface area (Å²) in [6.45, 7) is 0.287. The van der Waals surface area contributed by atoms with Gasteiger partial charge in [-0.3, -0.25) is 9.59 Å². The van der Waals surface area contributed by atoms with E-state index in [1.165, 1.54) is 12.1 Å². The summed E-state index contributed by atoms with van der Waals surface area (Å²) in [6.07, 6.45) is 0.253. The molecule has 2 N–H and O–H groups in total. The zero-order chi connectivity index (χ0) is 19.2. The molecule has 1 amide bonds. The maximum Gasteiger partial charge on any atom is 0.273 e. The Kier molecular flexibility index (Phi) is 5.93. The summed E-state index contributed by atoms with van der Waals surface area (Å²) in [4.78, 5) is 26.7. The van der Waals surface area contributed by atoms with Crippen molar-refractivity contribution in [3.05, 3.63) is 81.0 Å². The van der Waals surface area contributed by atoms with Crippen molar-refractivity contribution in [1.29, 1.82) is 0 Å². The van der Waals surface area contributed by atoms with Gasteiger partial charge < -0.3 is 10.3 Å². The lowest BCUT2D eigenvalue weighted by molar-refractivity contribution is -0.121. The molecule has 138 valence electrons. The molecule has 3 rings (SSSR count). The summed E-state index contributed by atoms with van der Waals surface area (Å²) >= 11 is 5.93. The molecular weight excluding hydrogens is 371 g/mol. The number of hydrogen-bond acceptors (Lipinski definition) is 4. The van der Waals surface area contributed by atoms with E-state index in [-0.39, 0.29) is 36.8 Å². The van der Waals surface area contributed by atoms with Crippen LogP contribution in [0.5, 0.6) is 0 Å². The fraction of sp³-hybridized carbons (Fsp3) is 0.158.